The fraction of sp³-hybridized carbons (Fsp3) is 0.333. The van der Waals surface area contributed by atoms with E-state index in [1.165, 1.54) is 11.1 Å². The van der Waals surface area contributed by atoms with Gasteiger partial charge in [0, 0.05) is 25.0 Å². The highest BCUT2D eigenvalue weighted by atomic mass is 16.1. The number of benzene rings is 1. The number of hydrogen-bond acceptors (Lipinski definition) is 3. The van der Waals surface area contributed by atoms with Gasteiger partial charge < -0.3 is 9.88 Å². The average Bonchev–Trinajstić information content (AvgIpc) is 3.24. The molecule has 1 N–H and O–H groups in total. The maximum Gasteiger partial charge on any atom is 0.293 e. The zero-order valence-corrected chi connectivity index (χ0v) is 11.0. The first-order chi connectivity index (χ1) is 9.25. The second-order valence-electron chi connectivity index (χ2n) is 5.00. The molecular weight excluding hydrogens is 238 g/mol. The molecule has 0 saturated heterocycles. The molecule has 1 saturated carbocycles. The van der Waals surface area contributed by atoms with Crippen molar-refractivity contribution in [2.75, 3.05) is 5.32 Å². The van der Waals surface area contributed by atoms with Gasteiger partial charge in [-0.15, -0.1) is 0 Å². The summed E-state index contributed by atoms with van der Waals surface area (Å²) in [6, 6.07) is 8.53. The normalized spacial score (nSPS) is 14.4. The van der Waals surface area contributed by atoms with Crippen LogP contribution in [-0.2, 0) is 6.54 Å². The standard InChI is InChI=1S/C15H17N3O/c1-11-4-2-3-5-12(11)10-17-14-15(19)18(9-8-16-14)13-6-7-13/h2-5,8-9,13H,6-7,10H2,1H3,(H,16,17). The van der Waals surface area contributed by atoms with Crippen molar-refractivity contribution in [1.82, 2.24) is 9.55 Å². The minimum absolute atomic E-state index is 0.0152. The fourth-order valence-corrected chi connectivity index (χ4v) is 2.17. The lowest BCUT2D eigenvalue weighted by Gasteiger charge is -2.09. The number of nitrogens with one attached hydrogen (secondary N) is 1. The Bertz CT molecular complexity index is 644. The summed E-state index contributed by atoms with van der Waals surface area (Å²) in [5.41, 5.74) is 2.39. The van der Waals surface area contributed by atoms with Crippen LogP contribution in [0.3, 0.4) is 0 Å². The Labute approximate surface area is 112 Å². The predicted molar refractivity (Wildman–Crippen MR) is 75.3 cm³/mol. The lowest BCUT2D eigenvalue weighted by atomic mass is 10.1. The number of hydrogen-bond donors (Lipinski definition) is 1. The first-order valence-electron chi connectivity index (χ1n) is 6.61. The molecule has 0 radical (unpaired) electrons. The molecule has 1 aromatic heterocycles. The Morgan fingerprint density at radius 3 is 2.89 bits per heavy atom. The van der Waals surface area contributed by atoms with Crippen LogP contribution in [0, 0.1) is 6.92 Å². The molecule has 0 spiro atoms. The van der Waals surface area contributed by atoms with Gasteiger partial charge in [0.15, 0.2) is 5.82 Å². The molecule has 2 aromatic rings. The van der Waals surface area contributed by atoms with E-state index in [4.69, 9.17) is 0 Å². The van der Waals surface area contributed by atoms with E-state index in [1.54, 1.807) is 17.0 Å². The Hall–Kier alpha value is -2.10. The first-order valence-corrected chi connectivity index (χ1v) is 6.61. The van der Waals surface area contributed by atoms with E-state index in [-0.39, 0.29) is 5.56 Å². The lowest BCUT2D eigenvalue weighted by molar-refractivity contribution is 0.699. The Morgan fingerprint density at radius 2 is 2.16 bits per heavy atom. The van der Waals surface area contributed by atoms with Gasteiger partial charge in [-0.2, -0.15) is 0 Å². The molecule has 1 aliphatic carbocycles. The Kier molecular flexibility index (Phi) is 3.07. The Balaban J connectivity index is 1.79. The van der Waals surface area contributed by atoms with E-state index in [0.717, 1.165) is 12.8 Å². The van der Waals surface area contributed by atoms with Crippen molar-refractivity contribution < 1.29 is 0 Å². The fourth-order valence-electron chi connectivity index (χ4n) is 2.17. The summed E-state index contributed by atoms with van der Waals surface area (Å²) < 4.78 is 1.78. The number of rotatable bonds is 4. The van der Waals surface area contributed by atoms with E-state index in [0.29, 0.717) is 18.4 Å². The van der Waals surface area contributed by atoms with E-state index < -0.39 is 0 Å². The molecule has 1 aromatic carbocycles. The van der Waals surface area contributed by atoms with Crippen LogP contribution >= 0.6 is 0 Å². The van der Waals surface area contributed by atoms with Gasteiger partial charge in [-0.05, 0) is 30.9 Å². The number of anilines is 1. The largest absolute Gasteiger partial charge is 0.361 e. The molecule has 0 unspecified atom stereocenters. The van der Waals surface area contributed by atoms with E-state index >= 15 is 0 Å². The molecule has 1 fully saturated rings. The van der Waals surface area contributed by atoms with Gasteiger partial charge >= 0.3 is 0 Å². The van der Waals surface area contributed by atoms with Crippen molar-refractivity contribution in [3.63, 3.8) is 0 Å². The Morgan fingerprint density at radius 1 is 1.37 bits per heavy atom. The van der Waals surface area contributed by atoms with E-state index in [1.807, 2.05) is 12.1 Å². The van der Waals surface area contributed by atoms with Crippen LogP contribution in [0.4, 0.5) is 5.82 Å². The summed E-state index contributed by atoms with van der Waals surface area (Å²) in [5, 5.41) is 3.15. The average molecular weight is 255 g/mol. The summed E-state index contributed by atoms with van der Waals surface area (Å²) in [5.74, 6) is 0.442. The molecule has 0 aliphatic heterocycles. The summed E-state index contributed by atoms with van der Waals surface area (Å²) in [4.78, 5) is 16.3. The van der Waals surface area contributed by atoms with Crippen LogP contribution in [0.25, 0.3) is 0 Å². The second-order valence-corrected chi connectivity index (χ2v) is 5.00. The zero-order valence-electron chi connectivity index (χ0n) is 11.0. The van der Waals surface area contributed by atoms with Gasteiger partial charge in [0.2, 0.25) is 0 Å². The van der Waals surface area contributed by atoms with Crippen molar-refractivity contribution in [3.05, 3.63) is 58.1 Å². The third kappa shape index (κ3) is 2.52. The van der Waals surface area contributed by atoms with Gasteiger partial charge in [0.05, 0.1) is 0 Å². The van der Waals surface area contributed by atoms with E-state index in [9.17, 15) is 4.79 Å². The third-order valence-electron chi connectivity index (χ3n) is 3.52. The molecule has 4 nitrogen and oxygen atoms in total. The number of nitrogens with zero attached hydrogens (tertiary/aromatic N) is 2. The second kappa shape index (κ2) is 4.88. The molecule has 1 heterocycles. The minimum atomic E-state index is -0.0152. The van der Waals surface area contributed by atoms with Gasteiger partial charge in [-0.25, -0.2) is 4.98 Å². The van der Waals surface area contributed by atoms with Crippen LogP contribution in [0.2, 0.25) is 0 Å². The van der Waals surface area contributed by atoms with Crippen LogP contribution in [0.1, 0.15) is 30.0 Å². The topological polar surface area (TPSA) is 46.9 Å². The van der Waals surface area contributed by atoms with Crippen molar-refractivity contribution in [2.24, 2.45) is 0 Å². The molecule has 0 bridgehead atoms. The molecular formula is C15H17N3O. The zero-order chi connectivity index (χ0) is 13.2. The monoisotopic (exact) mass is 255 g/mol. The maximum absolute atomic E-state index is 12.2. The van der Waals surface area contributed by atoms with Gasteiger partial charge in [-0.1, -0.05) is 24.3 Å². The highest BCUT2D eigenvalue weighted by molar-refractivity contribution is 5.35. The van der Waals surface area contributed by atoms with Crippen molar-refractivity contribution >= 4 is 5.82 Å². The summed E-state index contributed by atoms with van der Waals surface area (Å²) in [6.07, 6.45) is 5.67. The lowest BCUT2D eigenvalue weighted by Crippen LogP contribution is -2.23. The van der Waals surface area contributed by atoms with Crippen molar-refractivity contribution in [1.29, 1.82) is 0 Å². The highest BCUT2D eigenvalue weighted by Gasteiger charge is 2.25. The van der Waals surface area contributed by atoms with Gasteiger partial charge in [0.25, 0.3) is 5.56 Å². The summed E-state index contributed by atoms with van der Waals surface area (Å²) >= 11 is 0. The van der Waals surface area contributed by atoms with Gasteiger partial charge in [-0.3, -0.25) is 4.79 Å². The van der Waals surface area contributed by atoms with Gasteiger partial charge in [0.1, 0.15) is 0 Å². The van der Waals surface area contributed by atoms with Crippen LogP contribution in [0.5, 0.6) is 0 Å². The summed E-state index contributed by atoms with van der Waals surface area (Å²) in [6.45, 7) is 2.70. The SMILES string of the molecule is Cc1ccccc1CNc1nccn(C2CC2)c1=O. The highest BCUT2D eigenvalue weighted by Crippen LogP contribution is 2.33. The molecule has 4 heteroatoms. The number of aryl methyl sites for hydroxylation is 1. The van der Waals surface area contributed by atoms with Crippen LogP contribution < -0.4 is 10.9 Å². The number of aromatic nitrogens is 2. The maximum atomic E-state index is 12.2. The van der Waals surface area contributed by atoms with Crippen molar-refractivity contribution in [3.8, 4) is 0 Å². The molecule has 19 heavy (non-hydrogen) atoms. The van der Waals surface area contributed by atoms with Crippen LogP contribution in [0.15, 0.2) is 41.5 Å². The molecule has 98 valence electrons. The third-order valence-corrected chi connectivity index (χ3v) is 3.52. The summed E-state index contributed by atoms with van der Waals surface area (Å²) in [7, 11) is 0. The first kappa shape index (κ1) is 12.0. The quantitative estimate of drug-likeness (QED) is 0.913. The van der Waals surface area contributed by atoms with E-state index in [2.05, 4.69) is 29.4 Å². The molecule has 1 aliphatic rings. The molecule has 0 atom stereocenters. The predicted octanol–water partition coefficient (Wildman–Crippen LogP) is 2.50. The van der Waals surface area contributed by atoms with Crippen LogP contribution in [-0.4, -0.2) is 9.55 Å². The minimum Gasteiger partial charge on any atom is -0.361 e. The molecule has 0 amide bonds. The smallest absolute Gasteiger partial charge is 0.293 e. The molecule has 3 rings (SSSR count). The van der Waals surface area contributed by atoms with Crippen molar-refractivity contribution in [2.45, 2.75) is 32.4 Å².